The molecule has 0 bridgehead atoms. The number of hydrogen-bond donors (Lipinski definition) is 1. The van der Waals surface area contributed by atoms with E-state index in [9.17, 15) is 9.18 Å². The topological polar surface area (TPSA) is 55.0 Å². The van der Waals surface area contributed by atoms with E-state index in [1.807, 2.05) is 0 Å². The van der Waals surface area contributed by atoms with E-state index in [0.29, 0.717) is 17.9 Å². The van der Waals surface area contributed by atoms with Crippen LogP contribution in [0.25, 0.3) is 11.0 Å². The predicted octanol–water partition coefficient (Wildman–Crippen LogP) is 2.54. The van der Waals surface area contributed by atoms with Crippen LogP contribution in [-0.4, -0.2) is 22.5 Å². The number of esters is 1. The van der Waals surface area contributed by atoms with E-state index in [1.165, 1.54) is 6.07 Å². The first-order chi connectivity index (χ1) is 8.46. The van der Waals surface area contributed by atoms with Gasteiger partial charge in [0.05, 0.1) is 12.1 Å². The molecule has 1 heterocycles. The average molecular weight is 250 g/mol. The van der Waals surface area contributed by atoms with Crippen molar-refractivity contribution in [3.63, 3.8) is 0 Å². The summed E-state index contributed by atoms with van der Waals surface area (Å²) in [6.45, 7) is 5.43. The molecule has 0 saturated heterocycles. The quantitative estimate of drug-likeness (QED) is 0.852. The van der Waals surface area contributed by atoms with E-state index in [0.717, 1.165) is 0 Å². The van der Waals surface area contributed by atoms with Crippen molar-refractivity contribution in [2.75, 3.05) is 6.61 Å². The number of ether oxygens (including phenoxy) is 1. The molecular weight excluding hydrogens is 235 g/mol. The number of aromatic amines is 1. The normalized spacial score (nSPS) is 11.8. The number of fused-ring (bicyclic) bond motifs is 1. The minimum absolute atomic E-state index is 0.241. The van der Waals surface area contributed by atoms with Crippen LogP contribution in [-0.2, 0) is 14.9 Å². The lowest BCUT2D eigenvalue weighted by Gasteiger charge is -2.19. The van der Waals surface area contributed by atoms with Gasteiger partial charge in [0.2, 0.25) is 0 Å². The summed E-state index contributed by atoms with van der Waals surface area (Å²) < 4.78 is 18.5. The van der Waals surface area contributed by atoms with Crippen LogP contribution in [0.3, 0.4) is 0 Å². The molecule has 0 spiro atoms. The van der Waals surface area contributed by atoms with Gasteiger partial charge in [0.1, 0.15) is 16.8 Å². The molecule has 5 heteroatoms. The zero-order valence-electron chi connectivity index (χ0n) is 10.6. The Bertz CT molecular complexity index is 590. The Morgan fingerprint density at radius 1 is 1.50 bits per heavy atom. The van der Waals surface area contributed by atoms with E-state index in [1.54, 1.807) is 32.9 Å². The highest BCUT2D eigenvalue weighted by Gasteiger charge is 2.34. The third-order valence-corrected chi connectivity index (χ3v) is 2.84. The number of rotatable bonds is 3. The summed E-state index contributed by atoms with van der Waals surface area (Å²) in [7, 11) is 0. The summed E-state index contributed by atoms with van der Waals surface area (Å²) in [6, 6.07) is 4.65. The summed E-state index contributed by atoms with van der Waals surface area (Å²) >= 11 is 0. The van der Waals surface area contributed by atoms with Crippen LogP contribution in [0.1, 0.15) is 26.6 Å². The molecule has 2 aromatic rings. The number of benzene rings is 1. The maximum Gasteiger partial charge on any atom is 0.319 e. The number of para-hydroxylation sites is 1. The van der Waals surface area contributed by atoms with Crippen LogP contribution in [0.4, 0.5) is 4.39 Å². The van der Waals surface area contributed by atoms with Gasteiger partial charge in [-0.25, -0.2) is 9.37 Å². The fourth-order valence-corrected chi connectivity index (χ4v) is 1.70. The highest BCUT2D eigenvalue weighted by atomic mass is 19.1. The third-order valence-electron chi connectivity index (χ3n) is 2.84. The first kappa shape index (κ1) is 12.5. The highest BCUT2D eigenvalue weighted by molar-refractivity contribution is 5.83. The van der Waals surface area contributed by atoms with Crippen LogP contribution < -0.4 is 0 Å². The van der Waals surface area contributed by atoms with Crippen LogP contribution in [0.5, 0.6) is 0 Å². The molecule has 0 fully saturated rings. The Morgan fingerprint density at radius 3 is 2.83 bits per heavy atom. The predicted molar refractivity (Wildman–Crippen MR) is 65.7 cm³/mol. The number of nitrogens with zero attached hydrogens (tertiary/aromatic N) is 1. The van der Waals surface area contributed by atoms with Crippen molar-refractivity contribution in [2.45, 2.75) is 26.2 Å². The second kappa shape index (κ2) is 4.40. The number of H-pyrrole nitrogens is 1. The van der Waals surface area contributed by atoms with Gasteiger partial charge >= 0.3 is 5.97 Å². The molecule has 0 amide bonds. The molecule has 0 aliphatic heterocycles. The maximum absolute atomic E-state index is 13.5. The zero-order chi connectivity index (χ0) is 13.3. The lowest BCUT2D eigenvalue weighted by Crippen LogP contribution is -2.32. The number of nitrogens with one attached hydrogen (secondary N) is 1. The van der Waals surface area contributed by atoms with E-state index in [4.69, 9.17) is 4.74 Å². The van der Waals surface area contributed by atoms with Gasteiger partial charge in [0, 0.05) is 0 Å². The van der Waals surface area contributed by atoms with Gasteiger partial charge in [-0.05, 0) is 32.9 Å². The summed E-state index contributed by atoms with van der Waals surface area (Å²) in [4.78, 5) is 19.0. The Morgan fingerprint density at radius 2 is 2.22 bits per heavy atom. The van der Waals surface area contributed by atoms with Gasteiger partial charge in [0.15, 0.2) is 5.82 Å². The fourth-order valence-electron chi connectivity index (χ4n) is 1.70. The molecule has 1 N–H and O–H groups in total. The second-order valence-electron chi connectivity index (χ2n) is 4.57. The number of hydrogen-bond acceptors (Lipinski definition) is 3. The standard InChI is InChI=1S/C13H15FN2O2/c1-4-18-12(17)13(2,3)11-15-9-7-5-6-8(14)10(9)16-11/h5-7H,4H2,1-3H3,(H,15,16). The molecule has 4 nitrogen and oxygen atoms in total. The van der Waals surface area contributed by atoms with Crippen molar-refractivity contribution in [1.29, 1.82) is 0 Å². The molecule has 1 aromatic carbocycles. The molecule has 0 radical (unpaired) electrons. The van der Waals surface area contributed by atoms with Gasteiger partial charge in [-0.1, -0.05) is 6.07 Å². The molecule has 0 aliphatic carbocycles. The number of aromatic nitrogens is 2. The van der Waals surface area contributed by atoms with E-state index < -0.39 is 11.2 Å². The van der Waals surface area contributed by atoms with Gasteiger partial charge in [0.25, 0.3) is 0 Å². The molecule has 0 aliphatic rings. The van der Waals surface area contributed by atoms with Crippen molar-refractivity contribution in [3.8, 4) is 0 Å². The van der Waals surface area contributed by atoms with E-state index >= 15 is 0 Å². The van der Waals surface area contributed by atoms with Crippen LogP contribution in [0.2, 0.25) is 0 Å². The number of halogens is 1. The number of imidazole rings is 1. The number of carbonyl (C=O) groups excluding carboxylic acids is 1. The highest BCUT2D eigenvalue weighted by Crippen LogP contribution is 2.25. The third kappa shape index (κ3) is 1.96. The first-order valence-corrected chi connectivity index (χ1v) is 5.78. The van der Waals surface area contributed by atoms with Crippen molar-refractivity contribution in [2.24, 2.45) is 0 Å². The van der Waals surface area contributed by atoms with Gasteiger partial charge in [-0.15, -0.1) is 0 Å². The molecule has 18 heavy (non-hydrogen) atoms. The Labute approximate surface area is 104 Å². The van der Waals surface area contributed by atoms with Crippen molar-refractivity contribution < 1.29 is 13.9 Å². The Hall–Kier alpha value is -1.91. The summed E-state index contributed by atoms with van der Waals surface area (Å²) in [5, 5.41) is 0. The fraction of sp³-hybridized carbons (Fsp3) is 0.385. The Kier molecular flexibility index (Phi) is 3.07. The lowest BCUT2D eigenvalue weighted by molar-refractivity contribution is -0.149. The van der Waals surface area contributed by atoms with Crippen LogP contribution in [0.15, 0.2) is 18.2 Å². The van der Waals surface area contributed by atoms with Gasteiger partial charge in [-0.3, -0.25) is 4.79 Å². The van der Waals surface area contributed by atoms with Crippen LogP contribution in [0, 0.1) is 5.82 Å². The summed E-state index contributed by atoms with van der Waals surface area (Å²) in [5.41, 5.74) is -0.117. The van der Waals surface area contributed by atoms with Crippen molar-refractivity contribution >= 4 is 17.0 Å². The average Bonchev–Trinajstić information content (AvgIpc) is 2.75. The summed E-state index contributed by atoms with van der Waals surface area (Å²) in [5.74, 6) is -0.389. The minimum Gasteiger partial charge on any atom is -0.465 e. The van der Waals surface area contributed by atoms with Gasteiger partial charge < -0.3 is 9.72 Å². The second-order valence-corrected chi connectivity index (χ2v) is 4.57. The number of carbonyl (C=O) groups is 1. The smallest absolute Gasteiger partial charge is 0.319 e. The van der Waals surface area contributed by atoms with E-state index in [2.05, 4.69) is 9.97 Å². The molecule has 96 valence electrons. The van der Waals surface area contributed by atoms with E-state index in [-0.39, 0.29) is 11.5 Å². The van der Waals surface area contributed by atoms with Crippen molar-refractivity contribution in [3.05, 3.63) is 29.8 Å². The monoisotopic (exact) mass is 250 g/mol. The van der Waals surface area contributed by atoms with Crippen LogP contribution >= 0.6 is 0 Å². The maximum atomic E-state index is 13.5. The minimum atomic E-state index is -0.929. The lowest BCUT2D eigenvalue weighted by atomic mass is 9.93. The molecule has 0 unspecified atom stereocenters. The SMILES string of the molecule is CCOC(=O)C(C)(C)c1nc2c(F)cccc2[nH]1. The van der Waals surface area contributed by atoms with Crippen molar-refractivity contribution in [1.82, 2.24) is 9.97 Å². The Balaban J connectivity index is 2.48. The molecular formula is C13H15FN2O2. The van der Waals surface area contributed by atoms with Gasteiger partial charge in [-0.2, -0.15) is 0 Å². The molecule has 0 saturated carbocycles. The molecule has 2 rings (SSSR count). The molecule has 1 aromatic heterocycles. The summed E-state index contributed by atoms with van der Waals surface area (Å²) in [6.07, 6.45) is 0. The largest absolute Gasteiger partial charge is 0.465 e. The first-order valence-electron chi connectivity index (χ1n) is 5.78. The zero-order valence-corrected chi connectivity index (χ0v) is 10.6. The molecule has 0 atom stereocenters.